The highest BCUT2D eigenvalue weighted by atomic mass is 16.5. The zero-order valence-corrected chi connectivity index (χ0v) is 33.9. The van der Waals surface area contributed by atoms with Crippen LogP contribution in [0.1, 0.15) is 84.5 Å². The van der Waals surface area contributed by atoms with E-state index in [9.17, 15) is 19.2 Å². The van der Waals surface area contributed by atoms with E-state index in [1.54, 1.807) is 6.20 Å². The van der Waals surface area contributed by atoms with Gasteiger partial charge in [-0.2, -0.15) is 0 Å². The van der Waals surface area contributed by atoms with Gasteiger partial charge in [-0.3, -0.25) is 14.4 Å². The molecule has 15 nitrogen and oxygen atoms in total. The third kappa shape index (κ3) is 7.96. The number of hydrogen-bond acceptors (Lipinski definition) is 9. The fourth-order valence-corrected chi connectivity index (χ4v) is 8.35. The van der Waals surface area contributed by atoms with Crippen molar-refractivity contribution in [3.05, 3.63) is 60.6 Å². The van der Waals surface area contributed by atoms with Crippen LogP contribution in [-0.2, 0) is 23.9 Å². The first-order valence-corrected chi connectivity index (χ1v) is 19.8. The lowest BCUT2D eigenvalue weighted by Crippen LogP contribution is -2.51. The molecule has 2 saturated heterocycles. The summed E-state index contributed by atoms with van der Waals surface area (Å²) in [5, 5.41) is 2.72. The van der Waals surface area contributed by atoms with Gasteiger partial charge >= 0.3 is 12.1 Å². The Balaban J connectivity index is 1.10. The van der Waals surface area contributed by atoms with Crippen LogP contribution >= 0.6 is 0 Å². The number of nitrogens with zero attached hydrogens (tertiary/aromatic N) is 6. The molecule has 5 aromatic rings. The molecule has 1 aromatic carbocycles. The molecule has 7 rings (SSSR count). The second-order valence-corrected chi connectivity index (χ2v) is 16.5. The summed E-state index contributed by atoms with van der Waals surface area (Å²) in [4.78, 5) is 77.0. The zero-order valence-electron chi connectivity index (χ0n) is 33.9. The predicted molar refractivity (Wildman–Crippen MR) is 213 cm³/mol. The minimum Gasteiger partial charge on any atom is -0.469 e. The van der Waals surface area contributed by atoms with E-state index in [1.165, 1.54) is 14.2 Å². The average Bonchev–Trinajstić information content (AvgIpc) is 4.03. The summed E-state index contributed by atoms with van der Waals surface area (Å²) >= 11 is 0. The minimum absolute atomic E-state index is 0.0204. The van der Waals surface area contributed by atoms with Gasteiger partial charge in [-0.05, 0) is 71.9 Å². The van der Waals surface area contributed by atoms with Gasteiger partial charge in [0.2, 0.25) is 11.8 Å². The highest BCUT2D eigenvalue weighted by molar-refractivity contribution is 5.87. The molecule has 2 fully saturated rings. The van der Waals surface area contributed by atoms with E-state index in [0.29, 0.717) is 18.9 Å². The first-order valence-electron chi connectivity index (χ1n) is 19.8. The lowest BCUT2D eigenvalue weighted by Gasteiger charge is -2.30. The number of pyridine rings is 1. The Bertz CT molecular complexity index is 2290. The summed E-state index contributed by atoms with van der Waals surface area (Å²) in [5.41, 5.74) is 5.87. The molecular weight excluding hydrogens is 727 g/mol. The Morgan fingerprint density at radius 3 is 2.18 bits per heavy atom. The predicted octanol–water partition coefficient (Wildman–Crippen LogP) is 6.30. The molecule has 4 aromatic heterocycles. The topological polar surface area (TPSA) is 180 Å². The molecule has 0 spiro atoms. The molecule has 0 bridgehead atoms. The number of benzene rings is 1. The minimum atomic E-state index is -0.713. The maximum Gasteiger partial charge on any atom is 0.407 e. The summed E-state index contributed by atoms with van der Waals surface area (Å²) in [6.45, 7) is 13.1. The summed E-state index contributed by atoms with van der Waals surface area (Å²) in [7, 11) is 2.64. The lowest BCUT2D eigenvalue weighted by molar-refractivity contribution is -0.148. The fourth-order valence-electron chi connectivity index (χ4n) is 8.35. The number of fused-ring (bicyclic) bond motifs is 2. The Hall–Kier alpha value is -5.73. The van der Waals surface area contributed by atoms with E-state index in [1.807, 2.05) is 78.6 Å². The van der Waals surface area contributed by atoms with E-state index in [2.05, 4.69) is 35.2 Å². The van der Waals surface area contributed by atoms with Gasteiger partial charge in [0.05, 0.1) is 61.6 Å². The van der Waals surface area contributed by atoms with E-state index in [-0.39, 0.29) is 60.0 Å². The monoisotopic (exact) mass is 779 g/mol. The Morgan fingerprint density at radius 1 is 0.825 bits per heavy atom. The number of ether oxygens (including phenoxy) is 2. The fraction of sp³-hybridized carbons (Fsp3) is 0.500. The van der Waals surface area contributed by atoms with Crippen LogP contribution in [0.5, 0.6) is 0 Å². The number of nitrogens with one attached hydrogen (secondary N) is 3. The number of amides is 3. The van der Waals surface area contributed by atoms with Crippen molar-refractivity contribution in [3.8, 4) is 22.5 Å². The van der Waals surface area contributed by atoms with Gasteiger partial charge in [0.15, 0.2) is 0 Å². The number of methoxy groups -OCH3 is 2. The number of likely N-dealkylation sites (tertiary alicyclic amines) is 2. The molecule has 1 unspecified atom stereocenters. The normalized spacial score (nSPS) is 20.8. The molecule has 3 amide bonds. The van der Waals surface area contributed by atoms with Gasteiger partial charge < -0.3 is 39.0 Å². The maximum atomic E-state index is 13.8. The number of imidazole rings is 3. The SMILES string of the molecule is COC(=O)C[C@H](C(=O)N1C[C@@H](C)C[C@H]1c1ncc(-c2cn3cc(-c4ccc5nc(C6C[C@H](C)CN6C(=O)[C@@H](NC(=O)OC)C(C)C)[nH]c5c4)ccc3n2)[nH]1)C(C)C. The van der Waals surface area contributed by atoms with Crippen molar-refractivity contribution in [2.45, 2.75) is 78.9 Å². The first-order chi connectivity index (χ1) is 27.2. The van der Waals surface area contributed by atoms with Crippen LogP contribution in [-0.4, -0.2) is 96.3 Å². The van der Waals surface area contributed by atoms with Gasteiger partial charge in [-0.1, -0.05) is 47.6 Å². The van der Waals surface area contributed by atoms with Crippen LogP contribution in [0, 0.1) is 29.6 Å². The molecule has 0 aliphatic carbocycles. The number of esters is 1. The lowest BCUT2D eigenvalue weighted by atomic mass is 9.91. The molecule has 2 aliphatic rings. The van der Waals surface area contributed by atoms with Crippen LogP contribution in [0.3, 0.4) is 0 Å². The van der Waals surface area contributed by atoms with Gasteiger partial charge in [-0.25, -0.2) is 19.7 Å². The zero-order chi connectivity index (χ0) is 40.7. The smallest absolute Gasteiger partial charge is 0.407 e. The molecule has 2 aliphatic heterocycles. The van der Waals surface area contributed by atoms with Crippen LogP contribution in [0.15, 0.2) is 48.9 Å². The largest absolute Gasteiger partial charge is 0.469 e. The average molecular weight is 780 g/mol. The van der Waals surface area contributed by atoms with Crippen molar-refractivity contribution < 1.29 is 28.7 Å². The Morgan fingerprint density at radius 2 is 1.51 bits per heavy atom. The van der Waals surface area contributed by atoms with Crippen molar-refractivity contribution in [2.24, 2.45) is 29.6 Å². The number of rotatable bonds is 11. The quantitative estimate of drug-likeness (QED) is 0.130. The molecular formula is C42H53N9O6. The molecule has 6 atom stereocenters. The Kier molecular flexibility index (Phi) is 11.1. The number of carbonyl (C=O) groups is 4. The summed E-state index contributed by atoms with van der Waals surface area (Å²) in [6.07, 6.45) is 6.70. The van der Waals surface area contributed by atoms with Crippen molar-refractivity contribution in [2.75, 3.05) is 27.3 Å². The summed E-state index contributed by atoms with van der Waals surface area (Å²) < 4.78 is 11.7. The van der Waals surface area contributed by atoms with E-state index in [4.69, 9.17) is 24.4 Å². The number of hydrogen-bond donors (Lipinski definition) is 3. The maximum absolute atomic E-state index is 13.8. The van der Waals surface area contributed by atoms with E-state index < -0.39 is 18.1 Å². The molecule has 3 N–H and O–H groups in total. The molecule has 57 heavy (non-hydrogen) atoms. The van der Waals surface area contributed by atoms with Crippen molar-refractivity contribution in [1.29, 1.82) is 0 Å². The number of alkyl carbamates (subject to hydrolysis) is 1. The second-order valence-electron chi connectivity index (χ2n) is 16.5. The standard InChI is InChI=1S/C42H53N9O6/c1-22(2)28(16-36(52)56-7)40(53)50-18-24(5)13-33(50)38-43-17-31(47-38)32-21-49-20-27(10-12-35(49)44-32)26-9-11-29-30(15-26)46-39(45-29)34-14-25(6)19-51(34)41(54)37(23(3)4)48-42(55)57-8/h9-12,15,17,20-25,28,33-34,37H,13-14,16,18-19H2,1-8H3,(H,43,47)(H,45,46)(H,48,55)/t24-,25-,28-,33-,34?,37-/m0/s1. The molecule has 302 valence electrons. The first kappa shape index (κ1) is 39.5. The summed E-state index contributed by atoms with van der Waals surface area (Å²) in [6, 6.07) is 8.89. The highest BCUT2D eigenvalue weighted by Crippen LogP contribution is 2.38. The third-order valence-corrected chi connectivity index (χ3v) is 11.5. The molecule has 6 heterocycles. The van der Waals surface area contributed by atoms with Gasteiger partial charge in [0, 0.05) is 25.5 Å². The highest BCUT2D eigenvalue weighted by Gasteiger charge is 2.41. The second kappa shape index (κ2) is 16.0. The van der Waals surface area contributed by atoms with E-state index >= 15 is 0 Å². The van der Waals surface area contributed by atoms with Crippen LogP contribution in [0.2, 0.25) is 0 Å². The van der Waals surface area contributed by atoms with Crippen LogP contribution < -0.4 is 5.32 Å². The summed E-state index contributed by atoms with van der Waals surface area (Å²) in [5.74, 6) is 0.755. The van der Waals surface area contributed by atoms with Gasteiger partial charge in [-0.15, -0.1) is 0 Å². The Labute approximate surface area is 331 Å². The van der Waals surface area contributed by atoms with Crippen LogP contribution in [0.4, 0.5) is 4.79 Å². The van der Waals surface area contributed by atoms with Gasteiger partial charge in [0.1, 0.15) is 29.0 Å². The number of aromatic amines is 2. The van der Waals surface area contributed by atoms with Gasteiger partial charge in [0.25, 0.3) is 0 Å². The number of H-pyrrole nitrogens is 2. The van der Waals surface area contributed by atoms with Crippen molar-refractivity contribution in [1.82, 2.24) is 44.4 Å². The molecule has 0 saturated carbocycles. The van der Waals surface area contributed by atoms with Crippen LogP contribution in [0.25, 0.3) is 39.2 Å². The third-order valence-electron chi connectivity index (χ3n) is 11.5. The molecule has 0 radical (unpaired) electrons. The van der Waals surface area contributed by atoms with Crippen molar-refractivity contribution in [3.63, 3.8) is 0 Å². The van der Waals surface area contributed by atoms with E-state index in [0.717, 1.165) is 57.9 Å². The number of carbonyl (C=O) groups excluding carboxylic acids is 4. The number of aromatic nitrogens is 6. The molecule has 15 heteroatoms. The van der Waals surface area contributed by atoms with Crippen molar-refractivity contribution >= 4 is 40.6 Å².